The van der Waals surface area contributed by atoms with Crippen molar-refractivity contribution in [3.63, 3.8) is 0 Å². The Kier molecular flexibility index (Phi) is 4.93. The summed E-state index contributed by atoms with van der Waals surface area (Å²) >= 11 is 0. The minimum atomic E-state index is -4.37. The molecular weight excluding hydrogens is 295 g/mol. The number of halogens is 3. The van der Waals surface area contributed by atoms with Crippen molar-refractivity contribution in [3.05, 3.63) is 23.9 Å². The summed E-state index contributed by atoms with van der Waals surface area (Å²) in [5.41, 5.74) is -0.753. The summed E-state index contributed by atoms with van der Waals surface area (Å²) in [5.74, 6) is 0.824. The zero-order chi connectivity index (χ0) is 16.3. The van der Waals surface area contributed by atoms with Crippen LogP contribution in [0.1, 0.15) is 32.3 Å². The fourth-order valence-electron chi connectivity index (χ4n) is 2.48. The van der Waals surface area contributed by atoms with Gasteiger partial charge in [-0.15, -0.1) is 0 Å². The minimum absolute atomic E-state index is 0.0160. The Morgan fingerprint density at radius 1 is 1.45 bits per heavy atom. The van der Waals surface area contributed by atoms with Crippen molar-refractivity contribution in [3.8, 4) is 0 Å². The molecule has 2 rings (SSSR count). The van der Waals surface area contributed by atoms with Crippen LogP contribution in [0.4, 0.5) is 19.0 Å². The molecule has 122 valence electrons. The molecule has 1 unspecified atom stereocenters. The van der Waals surface area contributed by atoms with Crippen LogP contribution in [-0.4, -0.2) is 30.0 Å². The molecular formula is C15H20F3N3O. The van der Waals surface area contributed by atoms with Gasteiger partial charge in [0, 0.05) is 31.7 Å². The molecule has 1 aromatic rings. The highest BCUT2D eigenvalue weighted by molar-refractivity contribution is 5.76. The highest BCUT2D eigenvalue weighted by Gasteiger charge is 2.31. The van der Waals surface area contributed by atoms with E-state index in [1.807, 2.05) is 18.7 Å². The first-order chi connectivity index (χ1) is 10.3. The number of nitrogens with zero attached hydrogens (tertiary/aromatic N) is 2. The summed E-state index contributed by atoms with van der Waals surface area (Å²) in [7, 11) is 0. The largest absolute Gasteiger partial charge is 0.417 e. The molecule has 1 atom stereocenters. The fraction of sp³-hybridized carbons (Fsp3) is 0.600. The van der Waals surface area contributed by atoms with Crippen LogP contribution in [0.5, 0.6) is 0 Å². The molecule has 0 saturated carbocycles. The van der Waals surface area contributed by atoms with E-state index in [0.29, 0.717) is 31.2 Å². The molecule has 0 aromatic carbocycles. The fourth-order valence-corrected chi connectivity index (χ4v) is 2.48. The monoisotopic (exact) mass is 315 g/mol. The van der Waals surface area contributed by atoms with Gasteiger partial charge in [-0.3, -0.25) is 4.79 Å². The lowest BCUT2D eigenvalue weighted by atomic mass is 10.1. The molecule has 0 bridgehead atoms. The predicted molar refractivity (Wildman–Crippen MR) is 77.5 cm³/mol. The number of hydrogen-bond donors (Lipinski definition) is 1. The Balaban J connectivity index is 1.91. The molecule has 0 radical (unpaired) electrons. The Hall–Kier alpha value is -1.79. The first kappa shape index (κ1) is 16.6. The van der Waals surface area contributed by atoms with Crippen LogP contribution in [0.2, 0.25) is 0 Å². The number of hydrogen-bond acceptors (Lipinski definition) is 3. The molecule has 0 spiro atoms. The van der Waals surface area contributed by atoms with Gasteiger partial charge in [-0.05, 0) is 24.5 Å². The van der Waals surface area contributed by atoms with E-state index in [2.05, 4.69) is 10.3 Å². The van der Waals surface area contributed by atoms with Gasteiger partial charge in [-0.25, -0.2) is 4.98 Å². The summed E-state index contributed by atoms with van der Waals surface area (Å²) in [6, 6.07) is 2.43. The molecule has 7 heteroatoms. The highest BCUT2D eigenvalue weighted by atomic mass is 19.4. The summed E-state index contributed by atoms with van der Waals surface area (Å²) in [6.45, 7) is 5.20. The van der Waals surface area contributed by atoms with Gasteiger partial charge in [0.2, 0.25) is 5.91 Å². The summed E-state index contributed by atoms with van der Waals surface area (Å²) < 4.78 is 37.5. The molecule has 1 aliphatic rings. The zero-order valence-electron chi connectivity index (χ0n) is 12.7. The van der Waals surface area contributed by atoms with Crippen LogP contribution in [-0.2, 0) is 11.0 Å². The van der Waals surface area contributed by atoms with Gasteiger partial charge in [0.05, 0.1) is 5.56 Å². The molecule has 2 heterocycles. The smallest absolute Gasteiger partial charge is 0.354 e. The standard InChI is InChI=1S/C15H20F3N3O/c1-10(2)7-14(22)20-12-5-6-21(9-12)13-4-3-11(8-19-13)15(16,17)18/h3-4,8,10,12H,5-7,9H2,1-2H3,(H,20,22). The lowest BCUT2D eigenvalue weighted by Gasteiger charge is -2.18. The molecule has 4 nitrogen and oxygen atoms in total. The highest BCUT2D eigenvalue weighted by Crippen LogP contribution is 2.29. The lowest BCUT2D eigenvalue weighted by Crippen LogP contribution is -2.37. The van der Waals surface area contributed by atoms with Crippen LogP contribution in [0, 0.1) is 5.92 Å². The first-order valence-electron chi connectivity index (χ1n) is 7.33. The van der Waals surface area contributed by atoms with Gasteiger partial charge in [0.15, 0.2) is 0 Å². The molecule has 1 aliphatic heterocycles. The second-order valence-electron chi connectivity index (χ2n) is 6.00. The van der Waals surface area contributed by atoms with E-state index in [4.69, 9.17) is 0 Å². The van der Waals surface area contributed by atoms with E-state index in [1.165, 1.54) is 6.07 Å². The van der Waals surface area contributed by atoms with E-state index in [-0.39, 0.29) is 11.9 Å². The third kappa shape index (κ3) is 4.35. The molecule has 1 aromatic heterocycles. The van der Waals surface area contributed by atoms with Crippen LogP contribution in [0.15, 0.2) is 18.3 Å². The van der Waals surface area contributed by atoms with Crippen LogP contribution < -0.4 is 10.2 Å². The molecule has 1 saturated heterocycles. The van der Waals surface area contributed by atoms with Crippen LogP contribution >= 0.6 is 0 Å². The molecule has 22 heavy (non-hydrogen) atoms. The van der Waals surface area contributed by atoms with E-state index in [9.17, 15) is 18.0 Å². The van der Waals surface area contributed by atoms with Crippen molar-refractivity contribution in [2.75, 3.05) is 18.0 Å². The number of pyridine rings is 1. The Morgan fingerprint density at radius 3 is 2.73 bits per heavy atom. The van der Waals surface area contributed by atoms with Crippen molar-refractivity contribution in [1.82, 2.24) is 10.3 Å². The molecule has 0 aliphatic carbocycles. The molecule has 1 amide bonds. The number of anilines is 1. The van der Waals surface area contributed by atoms with Crippen molar-refractivity contribution >= 4 is 11.7 Å². The third-order valence-electron chi connectivity index (χ3n) is 3.55. The van der Waals surface area contributed by atoms with E-state index in [1.54, 1.807) is 0 Å². The number of aromatic nitrogens is 1. The van der Waals surface area contributed by atoms with Crippen LogP contribution in [0.25, 0.3) is 0 Å². The van der Waals surface area contributed by atoms with Crippen LogP contribution in [0.3, 0.4) is 0 Å². The number of carbonyl (C=O) groups excluding carboxylic acids is 1. The predicted octanol–water partition coefficient (Wildman–Crippen LogP) is 2.84. The maximum absolute atomic E-state index is 12.5. The van der Waals surface area contributed by atoms with Crippen molar-refractivity contribution in [1.29, 1.82) is 0 Å². The van der Waals surface area contributed by atoms with Gasteiger partial charge in [0.25, 0.3) is 0 Å². The lowest BCUT2D eigenvalue weighted by molar-refractivity contribution is -0.137. The Morgan fingerprint density at radius 2 is 2.18 bits per heavy atom. The number of nitrogens with one attached hydrogen (secondary N) is 1. The SMILES string of the molecule is CC(C)CC(=O)NC1CCN(c2ccc(C(F)(F)F)cn2)C1. The average molecular weight is 315 g/mol. The maximum atomic E-state index is 12.5. The Labute approximate surface area is 127 Å². The van der Waals surface area contributed by atoms with Gasteiger partial charge < -0.3 is 10.2 Å². The maximum Gasteiger partial charge on any atom is 0.417 e. The minimum Gasteiger partial charge on any atom is -0.354 e. The van der Waals surface area contributed by atoms with E-state index in [0.717, 1.165) is 18.7 Å². The molecule has 1 fully saturated rings. The molecule has 1 N–H and O–H groups in total. The van der Waals surface area contributed by atoms with E-state index >= 15 is 0 Å². The number of carbonyl (C=O) groups is 1. The van der Waals surface area contributed by atoms with Gasteiger partial charge in [-0.1, -0.05) is 13.8 Å². The number of amides is 1. The van der Waals surface area contributed by atoms with Gasteiger partial charge in [0.1, 0.15) is 5.82 Å². The topological polar surface area (TPSA) is 45.2 Å². The Bertz CT molecular complexity index is 514. The van der Waals surface area contributed by atoms with E-state index < -0.39 is 11.7 Å². The quantitative estimate of drug-likeness (QED) is 0.929. The number of rotatable bonds is 4. The summed E-state index contributed by atoms with van der Waals surface area (Å²) in [5, 5.41) is 2.96. The number of alkyl halides is 3. The zero-order valence-corrected chi connectivity index (χ0v) is 12.7. The third-order valence-corrected chi connectivity index (χ3v) is 3.55. The average Bonchev–Trinajstić information content (AvgIpc) is 2.85. The van der Waals surface area contributed by atoms with Gasteiger partial charge in [-0.2, -0.15) is 13.2 Å². The normalized spacial score (nSPS) is 18.8. The van der Waals surface area contributed by atoms with Crippen molar-refractivity contribution < 1.29 is 18.0 Å². The first-order valence-corrected chi connectivity index (χ1v) is 7.33. The van der Waals surface area contributed by atoms with Gasteiger partial charge >= 0.3 is 6.18 Å². The summed E-state index contributed by atoms with van der Waals surface area (Å²) in [4.78, 5) is 17.5. The van der Waals surface area contributed by atoms with Crippen molar-refractivity contribution in [2.45, 2.75) is 38.9 Å². The second-order valence-corrected chi connectivity index (χ2v) is 6.00. The second kappa shape index (κ2) is 6.54. The summed E-state index contributed by atoms with van der Waals surface area (Å²) in [6.07, 6.45) is -2.27. The van der Waals surface area contributed by atoms with Crippen molar-refractivity contribution in [2.24, 2.45) is 5.92 Å².